The van der Waals surface area contributed by atoms with E-state index in [1.807, 2.05) is 25.1 Å². The van der Waals surface area contributed by atoms with Crippen molar-refractivity contribution in [3.05, 3.63) is 70.0 Å². The quantitative estimate of drug-likeness (QED) is 0.817. The number of amides is 1. The molecule has 21 heavy (non-hydrogen) atoms. The fourth-order valence-electron chi connectivity index (χ4n) is 2.17. The van der Waals surface area contributed by atoms with E-state index in [1.54, 1.807) is 30.0 Å². The summed E-state index contributed by atoms with van der Waals surface area (Å²) in [5.41, 5.74) is 1.50. The SMILES string of the molecule is CCN(Cc1cccc(Cl)c1)C(=O)c1cccc(C)c1F. The van der Waals surface area contributed by atoms with Crippen molar-refractivity contribution in [2.45, 2.75) is 20.4 Å². The van der Waals surface area contributed by atoms with Crippen LogP contribution in [0.1, 0.15) is 28.4 Å². The maximum Gasteiger partial charge on any atom is 0.257 e. The van der Waals surface area contributed by atoms with Gasteiger partial charge in [-0.3, -0.25) is 4.79 Å². The highest BCUT2D eigenvalue weighted by Gasteiger charge is 2.19. The molecule has 2 aromatic rings. The lowest BCUT2D eigenvalue weighted by molar-refractivity contribution is 0.0747. The van der Waals surface area contributed by atoms with Gasteiger partial charge in [-0.05, 0) is 43.2 Å². The second-order valence-electron chi connectivity index (χ2n) is 4.89. The summed E-state index contributed by atoms with van der Waals surface area (Å²) in [6, 6.07) is 12.2. The molecule has 0 N–H and O–H groups in total. The zero-order valence-corrected chi connectivity index (χ0v) is 12.8. The third-order valence-corrected chi connectivity index (χ3v) is 3.59. The summed E-state index contributed by atoms with van der Waals surface area (Å²) in [7, 11) is 0. The number of carbonyl (C=O) groups is 1. The van der Waals surface area contributed by atoms with Gasteiger partial charge >= 0.3 is 0 Å². The third-order valence-electron chi connectivity index (χ3n) is 3.35. The molecule has 2 aromatic carbocycles. The van der Waals surface area contributed by atoms with E-state index in [1.165, 1.54) is 6.07 Å². The first-order valence-electron chi connectivity index (χ1n) is 6.81. The Morgan fingerprint density at radius 1 is 1.24 bits per heavy atom. The minimum absolute atomic E-state index is 0.110. The molecule has 0 bridgehead atoms. The van der Waals surface area contributed by atoms with E-state index >= 15 is 0 Å². The van der Waals surface area contributed by atoms with Crippen LogP contribution in [0.3, 0.4) is 0 Å². The molecule has 0 aliphatic rings. The lowest BCUT2D eigenvalue weighted by atomic mass is 10.1. The second-order valence-corrected chi connectivity index (χ2v) is 5.32. The van der Waals surface area contributed by atoms with Crippen LogP contribution in [-0.2, 0) is 6.54 Å². The predicted molar refractivity (Wildman–Crippen MR) is 83.0 cm³/mol. The van der Waals surface area contributed by atoms with Crippen LogP contribution in [0.2, 0.25) is 5.02 Å². The fourth-order valence-corrected chi connectivity index (χ4v) is 2.38. The molecule has 0 fully saturated rings. The van der Waals surface area contributed by atoms with Crippen LogP contribution in [0.4, 0.5) is 4.39 Å². The molecule has 0 aliphatic carbocycles. The molecule has 2 rings (SSSR count). The number of carbonyl (C=O) groups excluding carboxylic acids is 1. The van der Waals surface area contributed by atoms with Gasteiger partial charge in [0.05, 0.1) is 5.56 Å². The first kappa shape index (κ1) is 15.5. The Hall–Kier alpha value is -1.87. The molecule has 4 heteroatoms. The second kappa shape index (κ2) is 6.72. The number of benzene rings is 2. The molecule has 0 heterocycles. The Bertz CT molecular complexity index is 657. The van der Waals surface area contributed by atoms with E-state index in [-0.39, 0.29) is 11.5 Å². The first-order chi connectivity index (χ1) is 10.0. The van der Waals surface area contributed by atoms with Gasteiger partial charge in [-0.2, -0.15) is 0 Å². The van der Waals surface area contributed by atoms with E-state index < -0.39 is 5.82 Å². The molecule has 0 spiro atoms. The van der Waals surface area contributed by atoms with Gasteiger partial charge < -0.3 is 4.90 Å². The molecular weight excluding hydrogens is 289 g/mol. The molecule has 0 saturated heterocycles. The molecule has 0 aliphatic heterocycles. The van der Waals surface area contributed by atoms with E-state index in [9.17, 15) is 9.18 Å². The van der Waals surface area contributed by atoms with Crippen molar-refractivity contribution in [2.75, 3.05) is 6.54 Å². The average molecular weight is 306 g/mol. The van der Waals surface area contributed by atoms with Crippen LogP contribution >= 0.6 is 11.6 Å². The van der Waals surface area contributed by atoms with E-state index in [0.717, 1.165) is 5.56 Å². The van der Waals surface area contributed by atoms with Gasteiger partial charge in [0.2, 0.25) is 0 Å². The zero-order valence-electron chi connectivity index (χ0n) is 12.1. The van der Waals surface area contributed by atoms with Crippen LogP contribution in [0.25, 0.3) is 0 Å². The van der Waals surface area contributed by atoms with E-state index in [2.05, 4.69) is 0 Å². The molecule has 0 radical (unpaired) electrons. The van der Waals surface area contributed by atoms with Crippen LogP contribution in [0.15, 0.2) is 42.5 Å². The van der Waals surface area contributed by atoms with Gasteiger partial charge in [-0.1, -0.05) is 35.9 Å². The van der Waals surface area contributed by atoms with Gasteiger partial charge in [0, 0.05) is 18.1 Å². The van der Waals surface area contributed by atoms with Crippen LogP contribution < -0.4 is 0 Å². The Morgan fingerprint density at radius 3 is 2.62 bits per heavy atom. The highest BCUT2D eigenvalue weighted by Crippen LogP contribution is 2.17. The number of halogens is 2. The van der Waals surface area contributed by atoms with Crippen LogP contribution in [-0.4, -0.2) is 17.4 Å². The normalized spacial score (nSPS) is 10.5. The van der Waals surface area contributed by atoms with Gasteiger partial charge in [-0.25, -0.2) is 4.39 Å². The highest BCUT2D eigenvalue weighted by molar-refractivity contribution is 6.30. The number of hydrogen-bond acceptors (Lipinski definition) is 1. The van der Waals surface area contributed by atoms with Crippen molar-refractivity contribution in [3.63, 3.8) is 0 Å². The van der Waals surface area contributed by atoms with Crippen LogP contribution in [0, 0.1) is 12.7 Å². The number of hydrogen-bond donors (Lipinski definition) is 0. The third kappa shape index (κ3) is 3.61. The first-order valence-corrected chi connectivity index (χ1v) is 7.19. The smallest absolute Gasteiger partial charge is 0.257 e. The largest absolute Gasteiger partial charge is 0.335 e. The molecule has 2 nitrogen and oxygen atoms in total. The van der Waals surface area contributed by atoms with Crippen molar-refractivity contribution < 1.29 is 9.18 Å². The summed E-state index contributed by atoms with van der Waals surface area (Å²) in [4.78, 5) is 14.1. The van der Waals surface area contributed by atoms with Crippen LogP contribution in [0.5, 0.6) is 0 Å². The van der Waals surface area contributed by atoms with E-state index in [0.29, 0.717) is 23.7 Å². The summed E-state index contributed by atoms with van der Waals surface area (Å²) in [6.07, 6.45) is 0. The summed E-state index contributed by atoms with van der Waals surface area (Å²) in [5, 5.41) is 0.623. The maximum absolute atomic E-state index is 14.1. The van der Waals surface area contributed by atoms with Crippen molar-refractivity contribution >= 4 is 17.5 Å². The topological polar surface area (TPSA) is 20.3 Å². The molecule has 110 valence electrons. The summed E-state index contributed by atoms with van der Waals surface area (Å²) in [6.45, 7) is 4.43. The summed E-state index contributed by atoms with van der Waals surface area (Å²) >= 11 is 5.95. The minimum Gasteiger partial charge on any atom is -0.335 e. The Balaban J connectivity index is 2.25. The number of aryl methyl sites for hydroxylation is 1. The number of nitrogens with zero attached hydrogens (tertiary/aromatic N) is 1. The Labute approximate surface area is 129 Å². The Kier molecular flexibility index (Phi) is 4.97. The molecule has 1 amide bonds. The molecular formula is C17H17ClFNO. The zero-order chi connectivity index (χ0) is 15.4. The standard InChI is InChI=1S/C17H17ClFNO/c1-3-20(11-13-7-5-8-14(18)10-13)17(21)15-9-4-6-12(2)16(15)19/h4-10H,3,11H2,1-2H3. The van der Waals surface area contributed by atoms with Crippen molar-refractivity contribution in [1.82, 2.24) is 4.90 Å². The lowest BCUT2D eigenvalue weighted by Gasteiger charge is -2.21. The summed E-state index contributed by atoms with van der Waals surface area (Å²) < 4.78 is 14.1. The Morgan fingerprint density at radius 2 is 1.95 bits per heavy atom. The molecule has 0 aromatic heterocycles. The van der Waals surface area contributed by atoms with Crippen molar-refractivity contribution in [2.24, 2.45) is 0 Å². The minimum atomic E-state index is -0.452. The average Bonchev–Trinajstić information content (AvgIpc) is 2.47. The lowest BCUT2D eigenvalue weighted by Crippen LogP contribution is -2.31. The number of rotatable bonds is 4. The van der Waals surface area contributed by atoms with Crippen molar-refractivity contribution in [3.8, 4) is 0 Å². The highest BCUT2D eigenvalue weighted by atomic mass is 35.5. The van der Waals surface area contributed by atoms with Gasteiger partial charge in [0.25, 0.3) is 5.91 Å². The molecule has 0 saturated carbocycles. The molecule has 0 unspecified atom stereocenters. The maximum atomic E-state index is 14.1. The predicted octanol–water partition coefficient (Wildman–Crippen LogP) is 4.45. The van der Waals surface area contributed by atoms with Gasteiger partial charge in [-0.15, -0.1) is 0 Å². The van der Waals surface area contributed by atoms with Crippen molar-refractivity contribution in [1.29, 1.82) is 0 Å². The monoisotopic (exact) mass is 305 g/mol. The van der Waals surface area contributed by atoms with E-state index in [4.69, 9.17) is 11.6 Å². The summed E-state index contributed by atoms with van der Waals surface area (Å²) in [5.74, 6) is -0.759. The van der Waals surface area contributed by atoms with Gasteiger partial charge in [0.15, 0.2) is 0 Å². The molecule has 0 atom stereocenters. The fraction of sp³-hybridized carbons (Fsp3) is 0.235. The van der Waals surface area contributed by atoms with Gasteiger partial charge in [0.1, 0.15) is 5.82 Å².